The van der Waals surface area contributed by atoms with Crippen LogP contribution in [0.4, 0.5) is 20.4 Å². The van der Waals surface area contributed by atoms with Gasteiger partial charge in [-0.15, -0.1) is 0 Å². The summed E-state index contributed by atoms with van der Waals surface area (Å²) < 4.78 is 30.2. The van der Waals surface area contributed by atoms with E-state index in [0.717, 1.165) is 83.5 Å². The number of halogens is 2. The molecule has 3 saturated heterocycles. The van der Waals surface area contributed by atoms with Crippen LogP contribution in [-0.4, -0.2) is 105 Å². The number of β-amino-alcohol motifs (C(OH)–C–C–N with tert-alkyl or cyclic N) is 1. The Morgan fingerprint density at radius 3 is 2.29 bits per heavy atom. The van der Waals surface area contributed by atoms with E-state index in [1.54, 1.807) is 29.2 Å². The molecule has 0 radical (unpaired) electrons. The first-order valence-corrected chi connectivity index (χ1v) is 21.4. The van der Waals surface area contributed by atoms with Gasteiger partial charge in [0, 0.05) is 60.4 Å². The van der Waals surface area contributed by atoms with Crippen molar-refractivity contribution in [1.82, 2.24) is 30.4 Å². The highest BCUT2D eigenvalue weighted by Crippen LogP contribution is 2.35. The van der Waals surface area contributed by atoms with Crippen LogP contribution < -0.4 is 21.3 Å². The number of imide groups is 1. The van der Waals surface area contributed by atoms with E-state index in [2.05, 4.69) is 36.1 Å². The molecule has 15 heteroatoms. The molecule has 0 spiro atoms. The summed E-state index contributed by atoms with van der Waals surface area (Å²) in [6, 6.07) is 11.9. The monoisotopic (exact) mass is 812 g/mol. The molecule has 4 heterocycles. The molecule has 314 valence electrons. The number of aromatic nitrogens is 2. The van der Waals surface area contributed by atoms with Gasteiger partial charge in [-0.05, 0) is 126 Å². The average Bonchev–Trinajstić information content (AvgIpc) is 3.69. The van der Waals surface area contributed by atoms with Crippen molar-refractivity contribution in [3.05, 3.63) is 71.4 Å². The summed E-state index contributed by atoms with van der Waals surface area (Å²) in [6.45, 7) is 2.58. The number of hydrogen-bond acceptors (Lipinski definition) is 10. The lowest BCUT2D eigenvalue weighted by Gasteiger charge is -2.41. The van der Waals surface area contributed by atoms with Gasteiger partial charge in [0.05, 0.1) is 12.3 Å². The van der Waals surface area contributed by atoms with Crippen molar-refractivity contribution in [3.8, 4) is 11.3 Å². The predicted octanol–water partition coefficient (Wildman–Crippen LogP) is 5.12. The van der Waals surface area contributed by atoms with Crippen LogP contribution in [0.1, 0.15) is 105 Å². The van der Waals surface area contributed by atoms with Crippen LogP contribution in [0.15, 0.2) is 48.7 Å². The lowest BCUT2D eigenvalue weighted by Crippen LogP contribution is -2.47. The summed E-state index contributed by atoms with van der Waals surface area (Å²) in [5, 5.41) is 21.9. The second kappa shape index (κ2) is 18.1. The maximum atomic E-state index is 15.3. The van der Waals surface area contributed by atoms with Crippen molar-refractivity contribution >= 4 is 35.3 Å². The molecule has 5 fully saturated rings. The summed E-state index contributed by atoms with van der Waals surface area (Å²) in [4.78, 5) is 62.7. The second-order valence-electron chi connectivity index (χ2n) is 17.1. The Labute approximate surface area is 343 Å². The van der Waals surface area contributed by atoms with Crippen molar-refractivity contribution in [2.24, 2.45) is 5.92 Å². The number of amides is 4. The first-order valence-electron chi connectivity index (χ1n) is 21.4. The van der Waals surface area contributed by atoms with Crippen LogP contribution in [0.5, 0.6) is 0 Å². The average molecular weight is 813 g/mol. The molecule has 13 nitrogen and oxygen atoms in total. The smallest absolute Gasteiger partial charge is 0.253 e. The molecule has 2 atom stereocenters. The summed E-state index contributed by atoms with van der Waals surface area (Å²) in [5.41, 5.74) is 2.23. The van der Waals surface area contributed by atoms with Crippen LogP contribution in [0.2, 0.25) is 0 Å². The third-order valence-corrected chi connectivity index (χ3v) is 13.1. The van der Waals surface area contributed by atoms with Gasteiger partial charge in [-0.1, -0.05) is 18.2 Å². The maximum Gasteiger partial charge on any atom is 0.253 e. The van der Waals surface area contributed by atoms with Crippen LogP contribution in [-0.2, 0) is 14.4 Å². The molecule has 5 aliphatic rings. The number of hydrogen-bond donors (Lipinski definition) is 5. The van der Waals surface area contributed by atoms with Crippen LogP contribution in [0, 0.1) is 17.6 Å². The van der Waals surface area contributed by atoms with Gasteiger partial charge in [-0.25, -0.2) is 18.7 Å². The molecule has 59 heavy (non-hydrogen) atoms. The molecule has 0 bridgehead atoms. The van der Waals surface area contributed by atoms with Crippen LogP contribution in [0.3, 0.4) is 0 Å². The maximum absolute atomic E-state index is 15.3. The molecule has 8 rings (SSSR count). The van der Waals surface area contributed by atoms with Gasteiger partial charge in [-0.2, -0.15) is 0 Å². The van der Waals surface area contributed by atoms with E-state index in [0.29, 0.717) is 53.8 Å². The normalized spacial score (nSPS) is 26.9. The minimum Gasteiger partial charge on any atom is -0.391 e. The number of aliphatic hydroxyl groups is 1. The quantitative estimate of drug-likeness (QED) is 0.173. The number of nitrogens with zero attached hydrogens (tertiary/aromatic N) is 4. The van der Waals surface area contributed by atoms with E-state index >= 15 is 4.39 Å². The zero-order chi connectivity index (χ0) is 41.0. The van der Waals surface area contributed by atoms with Crippen molar-refractivity contribution < 1.29 is 33.1 Å². The van der Waals surface area contributed by atoms with E-state index in [4.69, 9.17) is 0 Å². The number of piperidine rings is 2. The number of anilines is 2. The van der Waals surface area contributed by atoms with E-state index in [-0.39, 0.29) is 72.0 Å². The van der Waals surface area contributed by atoms with E-state index in [9.17, 15) is 28.7 Å². The highest BCUT2D eigenvalue weighted by Gasteiger charge is 2.34. The Morgan fingerprint density at radius 2 is 1.58 bits per heavy atom. The number of likely N-dealkylation sites (tertiary alicyclic amines) is 2. The number of benzene rings is 2. The van der Waals surface area contributed by atoms with E-state index in [1.807, 2.05) is 12.1 Å². The third-order valence-electron chi connectivity index (χ3n) is 13.1. The van der Waals surface area contributed by atoms with E-state index in [1.165, 1.54) is 6.07 Å². The molecule has 5 N–H and O–H groups in total. The Bertz CT molecular complexity index is 2030. The Hall–Kier alpha value is -5.02. The van der Waals surface area contributed by atoms with Crippen LogP contribution >= 0.6 is 0 Å². The largest absolute Gasteiger partial charge is 0.391 e. The fourth-order valence-electron chi connectivity index (χ4n) is 9.69. The highest BCUT2D eigenvalue weighted by atomic mass is 19.1. The number of nitrogens with one attached hydrogen (secondary N) is 4. The van der Waals surface area contributed by atoms with Gasteiger partial charge >= 0.3 is 0 Å². The lowest BCUT2D eigenvalue weighted by molar-refractivity contribution is -0.133. The molecule has 3 aliphatic heterocycles. The molecule has 1 aromatic heterocycles. The minimum absolute atomic E-state index is 0.0456. The molecule has 3 aromatic rings. The van der Waals surface area contributed by atoms with Crippen molar-refractivity contribution in [1.29, 1.82) is 0 Å². The zero-order valence-electron chi connectivity index (χ0n) is 33.3. The molecule has 2 aromatic carbocycles. The lowest BCUT2D eigenvalue weighted by atomic mass is 9.83. The SMILES string of the molecule is O=C1CCC(Nc2ccc(C3CCN(C4CCC(NC(=O)C5CCC(Nc6ncc(F)c(-c7cccc(C(=O)N8CC[C@H](O)C8)c7)n6)CC5)CC4)CC3)c(F)c2)C(=O)N1. The fourth-order valence-corrected chi connectivity index (χ4v) is 9.69. The summed E-state index contributed by atoms with van der Waals surface area (Å²) in [6.07, 6.45) is 10.4. The molecule has 1 unspecified atom stereocenters. The predicted molar refractivity (Wildman–Crippen MR) is 217 cm³/mol. The molecule has 4 amide bonds. The highest BCUT2D eigenvalue weighted by molar-refractivity contribution is 6.01. The molecular formula is C44H54F2N8O5. The van der Waals surface area contributed by atoms with Gasteiger partial charge in [0.2, 0.25) is 23.7 Å². The minimum atomic E-state index is -0.588. The van der Waals surface area contributed by atoms with Gasteiger partial charge in [0.15, 0.2) is 5.82 Å². The second-order valence-corrected chi connectivity index (χ2v) is 17.1. The molecular weight excluding hydrogens is 759 g/mol. The third kappa shape index (κ3) is 9.73. The topological polar surface area (TPSA) is 169 Å². The van der Waals surface area contributed by atoms with Crippen LogP contribution in [0.25, 0.3) is 11.3 Å². The van der Waals surface area contributed by atoms with E-state index < -0.39 is 18.0 Å². The van der Waals surface area contributed by atoms with Crippen molar-refractivity contribution in [2.75, 3.05) is 36.8 Å². The Kier molecular flexibility index (Phi) is 12.5. The van der Waals surface area contributed by atoms with Crippen molar-refractivity contribution in [3.63, 3.8) is 0 Å². The summed E-state index contributed by atoms with van der Waals surface area (Å²) in [7, 11) is 0. The van der Waals surface area contributed by atoms with Gasteiger partial charge in [0.1, 0.15) is 17.6 Å². The molecule has 2 saturated carbocycles. The number of carbonyl (C=O) groups is 4. The zero-order valence-corrected chi connectivity index (χ0v) is 33.3. The van der Waals surface area contributed by atoms with Gasteiger partial charge in [-0.3, -0.25) is 24.5 Å². The van der Waals surface area contributed by atoms with Gasteiger partial charge in [0.25, 0.3) is 5.91 Å². The first kappa shape index (κ1) is 40.7. The van der Waals surface area contributed by atoms with Gasteiger partial charge < -0.3 is 30.9 Å². The number of carbonyl (C=O) groups excluding carboxylic acids is 4. The summed E-state index contributed by atoms with van der Waals surface area (Å²) in [5.74, 6) is -1.23. The Morgan fingerprint density at radius 1 is 0.814 bits per heavy atom. The first-order chi connectivity index (χ1) is 28.6. The fraction of sp³-hybridized carbons (Fsp3) is 0.545. The molecule has 2 aliphatic carbocycles. The van der Waals surface area contributed by atoms with Crippen molar-refractivity contribution in [2.45, 2.75) is 120 Å². The standard InChI is InChI=1S/C44H54F2N8O5/c45-36-23-32(48-38-14-15-39(56)51-42(38)58)10-13-35(36)26-16-19-53(20-17-26)33-11-8-30(9-12-33)49-41(57)27-4-6-31(7-5-27)50-44-47-24-37(46)40(52-44)28-2-1-3-29(22-28)43(59)54-21-18-34(55)25-54/h1-3,10,13,22-24,26-27,30-31,33-34,38,48,55H,4-9,11-12,14-21,25H2,(H,49,57)(H,47,50,52)(H,51,56,58)/t27?,30?,31?,33?,34-,38?/m0/s1. The summed E-state index contributed by atoms with van der Waals surface area (Å²) >= 11 is 0. The Balaban J connectivity index is 0.752. The number of aliphatic hydroxyl groups excluding tert-OH is 1. The number of rotatable bonds is 10.